The molecular formula is C10H15NO3S. The van der Waals surface area contributed by atoms with Gasteiger partial charge in [-0.3, -0.25) is 4.79 Å². The molecule has 1 aromatic rings. The maximum absolute atomic E-state index is 10.4. The molecule has 1 heterocycles. The molecule has 15 heavy (non-hydrogen) atoms. The Labute approximate surface area is 92.6 Å². The molecule has 0 saturated carbocycles. The molecule has 0 amide bonds. The van der Waals surface area contributed by atoms with Crippen molar-refractivity contribution in [2.45, 2.75) is 25.5 Å². The average Bonchev–Trinajstić information content (AvgIpc) is 2.70. The number of hydrogen-bond donors (Lipinski definition) is 3. The van der Waals surface area contributed by atoms with Gasteiger partial charge in [0.05, 0.1) is 6.54 Å². The Morgan fingerprint density at radius 1 is 1.67 bits per heavy atom. The zero-order valence-electron chi connectivity index (χ0n) is 8.51. The summed E-state index contributed by atoms with van der Waals surface area (Å²) in [4.78, 5) is 11.2. The molecule has 2 unspecified atom stereocenters. The number of aliphatic hydroxyl groups excluding tert-OH is 1. The first-order valence-corrected chi connectivity index (χ1v) is 5.69. The maximum atomic E-state index is 10.4. The third-order valence-electron chi connectivity index (χ3n) is 2.17. The Bertz CT molecular complexity index is 300. The van der Waals surface area contributed by atoms with E-state index in [2.05, 4.69) is 5.32 Å². The van der Waals surface area contributed by atoms with Crippen LogP contribution in [0.3, 0.4) is 0 Å². The summed E-state index contributed by atoms with van der Waals surface area (Å²) in [5.41, 5.74) is 0. The number of carbonyl (C=O) groups is 1. The van der Waals surface area contributed by atoms with E-state index in [0.29, 0.717) is 6.42 Å². The van der Waals surface area contributed by atoms with Gasteiger partial charge in [-0.15, -0.1) is 11.3 Å². The van der Waals surface area contributed by atoms with E-state index < -0.39 is 12.1 Å². The minimum absolute atomic E-state index is 0.124. The molecule has 84 valence electrons. The summed E-state index contributed by atoms with van der Waals surface area (Å²) in [5.74, 6) is -0.910. The Morgan fingerprint density at radius 2 is 2.40 bits per heavy atom. The van der Waals surface area contributed by atoms with Crippen molar-refractivity contribution in [2.75, 3.05) is 6.54 Å². The normalized spacial score (nSPS) is 14.8. The molecule has 0 aliphatic heterocycles. The van der Waals surface area contributed by atoms with Crippen LogP contribution in [0.25, 0.3) is 0 Å². The lowest BCUT2D eigenvalue weighted by Crippen LogP contribution is -2.37. The van der Waals surface area contributed by atoms with Crippen LogP contribution in [0.2, 0.25) is 0 Å². The predicted molar refractivity (Wildman–Crippen MR) is 59.0 cm³/mol. The zero-order chi connectivity index (χ0) is 11.3. The largest absolute Gasteiger partial charge is 0.480 e. The van der Waals surface area contributed by atoms with Gasteiger partial charge in [-0.05, 0) is 17.9 Å². The Balaban J connectivity index is 2.54. The van der Waals surface area contributed by atoms with E-state index in [1.807, 2.05) is 24.4 Å². The average molecular weight is 229 g/mol. The summed E-state index contributed by atoms with van der Waals surface area (Å²) in [6, 6.07) is 3.51. The van der Waals surface area contributed by atoms with Crippen molar-refractivity contribution < 1.29 is 15.0 Å². The standard InChI is InChI=1S/C10H15NO3S/c1-2-7(11-6-9(12)13)10(14)8-4-3-5-15-8/h3-5,7,10-11,14H,2,6H2,1H3,(H,12,13). The summed E-state index contributed by atoms with van der Waals surface area (Å²) >= 11 is 1.47. The summed E-state index contributed by atoms with van der Waals surface area (Å²) in [6.45, 7) is 1.79. The lowest BCUT2D eigenvalue weighted by atomic mass is 10.1. The predicted octanol–water partition coefficient (Wildman–Crippen LogP) is 1.23. The number of thiophene rings is 1. The van der Waals surface area contributed by atoms with Gasteiger partial charge in [0, 0.05) is 10.9 Å². The van der Waals surface area contributed by atoms with E-state index in [4.69, 9.17) is 5.11 Å². The highest BCUT2D eigenvalue weighted by molar-refractivity contribution is 7.10. The summed E-state index contributed by atoms with van der Waals surface area (Å²) < 4.78 is 0. The second kappa shape index (κ2) is 5.85. The summed E-state index contributed by atoms with van der Waals surface area (Å²) in [6.07, 6.45) is 0.0566. The summed E-state index contributed by atoms with van der Waals surface area (Å²) in [7, 11) is 0. The highest BCUT2D eigenvalue weighted by Gasteiger charge is 2.20. The molecule has 3 N–H and O–H groups in total. The first kappa shape index (κ1) is 12.2. The zero-order valence-corrected chi connectivity index (χ0v) is 9.33. The van der Waals surface area contributed by atoms with Gasteiger partial charge in [-0.2, -0.15) is 0 Å². The minimum Gasteiger partial charge on any atom is -0.480 e. The van der Waals surface area contributed by atoms with E-state index in [9.17, 15) is 9.90 Å². The van der Waals surface area contributed by atoms with Gasteiger partial charge in [-0.1, -0.05) is 13.0 Å². The quantitative estimate of drug-likeness (QED) is 0.686. The van der Waals surface area contributed by atoms with Crippen LogP contribution in [0.1, 0.15) is 24.3 Å². The number of aliphatic carboxylic acids is 1. The fourth-order valence-corrected chi connectivity index (χ4v) is 2.13. The Kier molecular flexibility index (Phi) is 4.74. The molecule has 4 nitrogen and oxygen atoms in total. The van der Waals surface area contributed by atoms with Crippen LogP contribution in [0, 0.1) is 0 Å². The van der Waals surface area contributed by atoms with E-state index >= 15 is 0 Å². The number of carboxylic acids is 1. The fourth-order valence-electron chi connectivity index (χ4n) is 1.36. The number of nitrogens with one attached hydrogen (secondary N) is 1. The molecular weight excluding hydrogens is 214 g/mol. The van der Waals surface area contributed by atoms with Crippen LogP contribution in [-0.4, -0.2) is 28.8 Å². The molecule has 0 aromatic carbocycles. The molecule has 2 atom stereocenters. The number of carboxylic acid groups (broad SMARTS) is 1. The van der Waals surface area contributed by atoms with Crippen molar-refractivity contribution in [1.82, 2.24) is 5.32 Å². The van der Waals surface area contributed by atoms with Crippen LogP contribution in [0.15, 0.2) is 17.5 Å². The SMILES string of the molecule is CCC(NCC(=O)O)C(O)c1cccs1. The van der Waals surface area contributed by atoms with Gasteiger partial charge in [-0.25, -0.2) is 0 Å². The van der Waals surface area contributed by atoms with Crippen LogP contribution >= 0.6 is 11.3 Å². The molecule has 0 saturated heterocycles. The third-order valence-corrected chi connectivity index (χ3v) is 3.11. The second-order valence-corrected chi connectivity index (χ2v) is 4.23. The summed E-state index contributed by atoms with van der Waals surface area (Å²) in [5, 5.41) is 23.2. The number of rotatable bonds is 6. The molecule has 5 heteroatoms. The molecule has 0 bridgehead atoms. The minimum atomic E-state index is -0.910. The second-order valence-electron chi connectivity index (χ2n) is 3.25. The van der Waals surface area contributed by atoms with E-state index in [-0.39, 0.29) is 12.6 Å². The van der Waals surface area contributed by atoms with Crippen LogP contribution < -0.4 is 5.32 Å². The highest BCUT2D eigenvalue weighted by Crippen LogP contribution is 2.23. The molecule has 0 fully saturated rings. The molecule has 0 spiro atoms. The fraction of sp³-hybridized carbons (Fsp3) is 0.500. The van der Waals surface area contributed by atoms with Crippen molar-refractivity contribution in [3.05, 3.63) is 22.4 Å². The lowest BCUT2D eigenvalue weighted by molar-refractivity contribution is -0.136. The van der Waals surface area contributed by atoms with Gasteiger partial charge in [0.15, 0.2) is 0 Å². The monoisotopic (exact) mass is 229 g/mol. The Hall–Kier alpha value is -0.910. The van der Waals surface area contributed by atoms with Gasteiger partial charge in [0.2, 0.25) is 0 Å². The van der Waals surface area contributed by atoms with E-state index in [1.54, 1.807) is 0 Å². The number of hydrogen-bond acceptors (Lipinski definition) is 4. The smallest absolute Gasteiger partial charge is 0.317 e. The molecule has 0 radical (unpaired) electrons. The van der Waals surface area contributed by atoms with Gasteiger partial charge < -0.3 is 15.5 Å². The highest BCUT2D eigenvalue weighted by atomic mass is 32.1. The third kappa shape index (κ3) is 3.62. The molecule has 1 aromatic heterocycles. The Morgan fingerprint density at radius 3 is 2.87 bits per heavy atom. The molecule has 0 aliphatic carbocycles. The van der Waals surface area contributed by atoms with Crippen LogP contribution in [-0.2, 0) is 4.79 Å². The first-order chi connectivity index (χ1) is 7.15. The number of aliphatic hydroxyl groups is 1. The maximum Gasteiger partial charge on any atom is 0.317 e. The van der Waals surface area contributed by atoms with Crippen molar-refractivity contribution in [3.63, 3.8) is 0 Å². The van der Waals surface area contributed by atoms with Crippen LogP contribution in [0.4, 0.5) is 0 Å². The van der Waals surface area contributed by atoms with Gasteiger partial charge in [0.1, 0.15) is 6.10 Å². The van der Waals surface area contributed by atoms with E-state index in [1.165, 1.54) is 11.3 Å². The van der Waals surface area contributed by atoms with Crippen molar-refractivity contribution >= 4 is 17.3 Å². The van der Waals surface area contributed by atoms with Crippen LogP contribution in [0.5, 0.6) is 0 Å². The first-order valence-electron chi connectivity index (χ1n) is 4.81. The lowest BCUT2D eigenvalue weighted by Gasteiger charge is -2.21. The van der Waals surface area contributed by atoms with Gasteiger partial charge in [0.25, 0.3) is 0 Å². The molecule has 0 aliphatic rings. The molecule has 1 rings (SSSR count). The topological polar surface area (TPSA) is 69.6 Å². The van der Waals surface area contributed by atoms with Gasteiger partial charge >= 0.3 is 5.97 Å². The van der Waals surface area contributed by atoms with Crippen molar-refractivity contribution in [3.8, 4) is 0 Å². The van der Waals surface area contributed by atoms with E-state index in [0.717, 1.165) is 4.88 Å². The van der Waals surface area contributed by atoms with Crippen molar-refractivity contribution in [1.29, 1.82) is 0 Å². The van der Waals surface area contributed by atoms with Crippen molar-refractivity contribution in [2.24, 2.45) is 0 Å².